The van der Waals surface area contributed by atoms with Crippen LogP contribution in [0.2, 0.25) is 5.02 Å². The molecule has 0 bridgehead atoms. The molecule has 1 N–H and O–H groups in total. The Morgan fingerprint density at radius 3 is 3.12 bits per heavy atom. The van der Waals surface area contributed by atoms with E-state index in [0.29, 0.717) is 18.0 Å². The van der Waals surface area contributed by atoms with Gasteiger partial charge in [0.25, 0.3) is 0 Å². The Hall–Kier alpha value is -1.28. The highest BCUT2D eigenvalue weighted by molar-refractivity contribution is 7.10. The third-order valence-electron chi connectivity index (χ3n) is 2.04. The maximum absolute atomic E-state index is 8.62. The number of aliphatic hydroxyl groups excluding tert-OH is 1. The van der Waals surface area contributed by atoms with Gasteiger partial charge in [0.15, 0.2) is 0 Å². The average Bonchev–Trinajstić information content (AvgIpc) is 2.90. The molecular formula is C12H11ClN2OS. The second-order valence-corrected chi connectivity index (χ2v) is 4.87. The van der Waals surface area contributed by atoms with Crippen molar-refractivity contribution in [2.24, 2.45) is 0 Å². The van der Waals surface area contributed by atoms with E-state index in [9.17, 15) is 0 Å². The molecule has 88 valence electrons. The quantitative estimate of drug-likeness (QED) is 0.867. The Labute approximate surface area is 109 Å². The van der Waals surface area contributed by atoms with Crippen molar-refractivity contribution in [2.75, 3.05) is 6.61 Å². The highest BCUT2D eigenvalue weighted by Gasteiger charge is 2.00. The van der Waals surface area contributed by atoms with Gasteiger partial charge in [0.1, 0.15) is 0 Å². The summed E-state index contributed by atoms with van der Waals surface area (Å²) in [6, 6.07) is 2.03. The van der Waals surface area contributed by atoms with Gasteiger partial charge in [-0.3, -0.25) is 4.68 Å². The van der Waals surface area contributed by atoms with Gasteiger partial charge in [0, 0.05) is 28.4 Å². The molecule has 0 amide bonds. The third kappa shape index (κ3) is 3.60. The summed E-state index contributed by atoms with van der Waals surface area (Å²) in [5.41, 5.74) is 0.983. The van der Waals surface area contributed by atoms with Gasteiger partial charge in [-0.1, -0.05) is 23.4 Å². The summed E-state index contributed by atoms with van der Waals surface area (Å²) >= 11 is 7.43. The molecule has 5 heteroatoms. The monoisotopic (exact) mass is 266 g/mol. The number of aromatic nitrogens is 2. The summed E-state index contributed by atoms with van der Waals surface area (Å²) in [7, 11) is 0. The van der Waals surface area contributed by atoms with Gasteiger partial charge in [-0.05, 0) is 6.07 Å². The van der Waals surface area contributed by atoms with Gasteiger partial charge in [-0.15, -0.1) is 11.3 Å². The van der Waals surface area contributed by atoms with Crippen LogP contribution in [-0.2, 0) is 6.54 Å². The first-order chi connectivity index (χ1) is 8.28. The Bertz CT molecular complexity index is 550. The van der Waals surface area contributed by atoms with Crippen LogP contribution in [0.1, 0.15) is 16.9 Å². The molecule has 0 fully saturated rings. The van der Waals surface area contributed by atoms with Crippen LogP contribution < -0.4 is 0 Å². The maximum atomic E-state index is 8.62. The Morgan fingerprint density at radius 1 is 1.53 bits per heavy atom. The molecule has 0 spiro atoms. The summed E-state index contributed by atoms with van der Waals surface area (Å²) in [6.07, 6.45) is 3.93. The van der Waals surface area contributed by atoms with Crippen LogP contribution >= 0.6 is 22.9 Å². The van der Waals surface area contributed by atoms with E-state index < -0.39 is 0 Å². The molecule has 0 aromatic carbocycles. The first-order valence-electron chi connectivity index (χ1n) is 5.13. The number of halogens is 1. The number of hydrogen-bond acceptors (Lipinski definition) is 3. The van der Waals surface area contributed by atoms with E-state index in [2.05, 4.69) is 16.9 Å². The molecule has 2 aromatic rings. The standard InChI is InChI=1S/C12H11ClN2OS/c13-11-6-14-15(7-11)8-12-5-10(9-17-12)3-1-2-4-16/h5-7,9,16H,2,4,8H2. The predicted molar refractivity (Wildman–Crippen MR) is 69.2 cm³/mol. The number of thiophene rings is 1. The smallest absolute Gasteiger partial charge is 0.0785 e. The minimum atomic E-state index is 0.107. The second kappa shape index (κ2) is 5.87. The van der Waals surface area contributed by atoms with E-state index >= 15 is 0 Å². The summed E-state index contributed by atoms with van der Waals surface area (Å²) in [4.78, 5) is 1.18. The zero-order valence-corrected chi connectivity index (χ0v) is 10.6. The van der Waals surface area contributed by atoms with E-state index in [1.54, 1.807) is 28.4 Å². The van der Waals surface area contributed by atoms with Crippen molar-refractivity contribution in [1.82, 2.24) is 9.78 Å². The van der Waals surface area contributed by atoms with Crippen LogP contribution in [0.15, 0.2) is 23.8 Å². The highest BCUT2D eigenvalue weighted by Crippen LogP contribution is 2.16. The molecule has 17 heavy (non-hydrogen) atoms. The van der Waals surface area contributed by atoms with Crippen LogP contribution in [0.5, 0.6) is 0 Å². The molecule has 2 heterocycles. The number of hydrogen-bond donors (Lipinski definition) is 1. The van der Waals surface area contributed by atoms with Gasteiger partial charge in [-0.25, -0.2) is 0 Å². The van der Waals surface area contributed by atoms with Crippen molar-refractivity contribution in [3.63, 3.8) is 0 Å². The first kappa shape index (κ1) is 12.2. The second-order valence-electron chi connectivity index (χ2n) is 3.43. The molecule has 0 radical (unpaired) electrons. The third-order valence-corrected chi connectivity index (χ3v) is 3.16. The molecule has 0 atom stereocenters. The predicted octanol–water partition coefficient (Wildman–Crippen LogP) is 2.38. The lowest BCUT2D eigenvalue weighted by Crippen LogP contribution is -1.97. The summed E-state index contributed by atoms with van der Waals surface area (Å²) in [6.45, 7) is 0.814. The Balaban J connectivity index is 2.02. The van der Waals surface area contributed by atoms with Crippen molar-refractivity contribution >= 4 is 22.9 Å². The fourth-order valence-corrected chi connectivity index (χ4v) is 2.30. The molecule has 0 unspecified atom stereocenters. The van der Waals surface area contributed by atoms with Crippen LogP contribution in [-0.4, -0.2) is 21.5 Å². The fourth-order valence-electron chi connectivity index (χ4n) is 1.33. The Morgan fingerprint density at radius 2 is 2.41 bits per heavy atom. The van der Waals surface area contributed by atoms with Crippen molar-refractivity contribution < 1.29 is 5.11 Å². The van der Waals surface area contributed by atoms with Crippen molar-refractivity contribution in [3.05, 3.63) is 39.3 Å². The van der Waals surface area contributed by atoms with E-state index in [4.69, 9.17) is 16.7 Å². The number of aliphatic hydroxyl groups is 1. The zero-order chi connectivity index (χ0) is 12.1. The van der Waals surface area contributed by atoms with Gasteiger partial charge in [0.2, 0.25) is 0 Å². The van der Waals surface area contributed by atoms with Crippen molar-refractivity contribution in [2.45, 2.75) is 13.0 Å². The molecule has 0 aliphatic carbocycles. The van der Waals surface area contributed by atoms with E-state index in [1.165, 1.54) is 4.88 Å². The lowest BCUT2D eigenvalue weighted by molar-refractivity contribution is 0.305. The van der Waals surface area contributed by atoms with Gasteiger partial charge in [-0.2, -0.15) is 5.10 Å². The van der Waals surface area contributed by atoms with Gasteiger partial charge < -0.3 is 5.11 Å². The zero-order valence-electron chi connectivity index (χ0n) is 9.06. The van der Waals surface area contributed by atoms with Crippen molar-refractivity contribution in [1.29, 1.82) is 0 Å². The number of nitrogens with zero attached hydrogens (tertiary/aromatic N) is 2. The molecule has 0 saturated heterocycles. The van der Waals surface area contributed by atoms with Gasteiger partial charge in [0.05, 0.1) is 24.4 Å². The number of rotatable bonds is 3. The molecular weight excluding hydrogens is 256 g/mol. The molecule has 0 aliphatic rings. The van der Waals surface area contributed by atoms with Crippen LogP contribution in [0.25, 0.3) is 0 Å². The molecule has 0 aliphatic heterocycles. The van der Waals surface area contributed by atoms with Crippen LogP contribution in [0, 0.1) is 11.8 Å². The normalized spacial score (nSPS) is 10.0. The fraction of sp³-hybridized carbons (Fsp3) is 0.250. The largest absolute Gasteiger partial charge is 0.395 e. The average molecular weight is 267 g/mol. The highest BCUT2D eigenvalue weighted by atomic mass is 35.5. The lowest BCUT2D eigenvalue weighted by atomic mass is 10.3. The lowest BCUT2D eigenvalue weighted by Gasteiger charge is -1.95. The Kier molecular flexibility index (Phi) is 4.21. The van der Waals surface area contributed by atoms with E-state index in [0.717, 1.165) is 5.56 Å². The topological polar surface area (TPSA) is 38.0 Å². The molecule has 2 aromatic heterocycles. The first-order valence-corrected chi connectivity index (χ1v) is 6.39. The SMILES string of the molecule is OCCC#Cc1csc(Cn2cc(Cl)cn2)c1. The van der Waals surface area contributed by atoms with E-state index in [-0.39, 0.29) is 6.61 Å². The molecule has 3 nitrogen and oxygen atoms in total. The van der Waals surface area contributed by atoms with Crippen LogP contribution in [0.4, 0.5) is 0 Å². The maximum Gasteiger partial charge on any atom is 0.0785 e. The molecule has 0 saturated carbocycles. The van der Waals surface area contributed by atoms with Crippen LogP contribution in [0.3, 0.4) is 0 Å². The summed E-state index contributed by atoms with van der Waals surface area (Å²) in [5.74, 6) is 5.90. The van der Waals surface area contributed by atoms with E-state index in [1.807, 2.05) is 11.4 Å². The van der Waals surface area contributed by atoms with Crippen molar-refractivity contribution in [3.8, 4) is 11.8 Å². The minimum Gasteiger partial charge on any atom is -0.395 e. The minimum absolute atomic E-state index is 0.107. The summed E-state index contributed by atoms with van der Waals surface area (Å²) < 4.78 is 1.79. The van der Waals surface area contributed by atoms with Gasteiger partial charge >= 0.3 is 0 Å². The molecule has 2 rings (SSSR count). The summed E-state index contributed by atoms with van der Waals surface area (Å²) in [5, 5.41) is 15.4.